The van der Waals surface area contributed by atoms with Crippen LogP contribution in [-0.2, 0) is 16.1 Å². The molecular formula is C20H28F3N3O4. The van der Waals surface area contributed by atoms with Gasteiger partial charge in [0, 0.05) is 37.8 Å². The van der Waals surface area contributed by atoms with Crippen LogP contribution < -0.4 is 10.1 Å². The zero-order valence-electron chi connectivity index (χ0n) is 17.4. The summed E-state index contributed by atoms with van der Waals surface area (Å²) in [4.78, 5) is 29.8. The Hall–Kier alpha value is -2.52. The van der Waals surface area contributed by atoms with Crippen molar-refractivity contribution in [1.82, 2.24) is 15.2 Å². The molecule has 2 amide bonds. The first kappa shape index (κ1) is 23.8. The third-order valence-corrected chi connectivity index (χ3v) is 4.44. The molecule has 0 radical (unpaired) electrons. The van der Waals surface area contributed by atoms with E-state index in [-0.39, 0.29) is 36.8 Å². The fourth-order valence-electron chi connectivity index (χ4n) is 3.01. The molecule has 1 N–H and O–H groups in total. The summed E-state index contributed by atoms with van der Waals surface area (Å²) < 4.78 is 47.1. The number of rotatable bonds is 6. The summed E-state index contributed by atoms with van der Waals surface area (Å²) in [6.07, 6.45) is -1.85. The molecule has 0 saturated carbocycles. The number of amides is 2. The van der Waals surface area contributed by atoms with Gasteiger partial charge in [-0.2, -0.15) is 13.2 Å². The highest BCUT2D eigenvalue weighted by Gasteiger charge is 2.29. The fourth-order valence-corrected chi connectivity index (χ4v) is 3.01. The molecule has 0 bridgehead atoms. The summed E-state index contributed by atoms with van der Waals surface area (Å²) in [5.41, 5.74) is -0.183. The van der Waals surface area contributed by atoms with Gasteiger partial charge >= 0.3 is 12.3 Å². The second kappa shape index (κ2) is 9.99. The summed E-state index contributed by atoms with van der Waals surface area (Å²) in [6, 6.07) is 3.12. The number of alkyl halides is 3. The predicted molar refractivity (Wildman–Crippen MR) is 103 cm³/mol. The number of ether oxygens (including phenoxy) is 2. The molecule has 2 heterocycles. The molecule has 0 aliphatic carbocycles. The maximum absolute atomic E-state index is 12.4. The summed E-state index contributed by atoms with van der Waals surface area (Å²) >= 11 is 0. The highest BCUT2D eigenvalue weighted by Crippen LogP contribution is 2.23. The highest BCUT2D eigenvalue weighted by atomic mass is 19.4. The van der Waals surface area contributed by atoms with E-state index < -0.39 is 18.4 Å². The van der Waals surface area contributed by atoms with Crippen molar-refractivity contribution < 1.29 is 32.2 Å². The second-order valence-electron chi connectivity index (χ2n) is 8.26. The van der Waals surface area contributed by atoms with Crippen molar-refractivity contribution in [3.8, 4) is 5.88 Å². The van der Waals surface area contributed by atoms with E-state index in [1.807, 2.05) is 20.8 Å². The van der Waals surface area contributed by atoms with E-state index in [0.717, 1.165) is 0 Å². The van der Waals surface area contributed by atoms with E-state index in [0.29, 0.717) is 31.5 Å². The lowest BCUT2D eigenvalue weighted by Gasteiger charge is -2.33. The van der Waals surface area contributed by atoms with Crippen molar-refractivity contribution in [2.75, 3.05) is 19.7 Å². The van der Waals surface area contributed by atoms with Crippen LogP contribution in [0.3, 0.4) is 0 Å². The predicted octanol–water partition coefficient (Wildman–Crippen LogP) is 3.68. The Labute approximate surface area is 173 Å². The van der Waals surface area contributed by atoms with Crippen LogP contribution in [0.1, 0.15) is 45.6 Å². The van der Waals surface area contributed by atoms with Crippen LogP contribution in [0, 0.1) is 5.92 Å². The Morgan fingerprint density at radius 3 is 2.50 bits per heavy atom. The van der Waals surface area contributed by atoms with Gasteiger partial charge in [0.2, 0.25) is 11.8 Å². The number of pyridine rings is 1. The van der Waals surface area contributed by atoms with Gasteiger partial charge in [-0.3, -0.25) is 4.79 Å². The van der Waals surface area contributed by atoms with Crippen molar-refractivity contribution in [2.45, 2.75) is 58.4 Å². The first-order valence-corrected chi connectivity index (χ1v) is 9.81. The molecule has 1 fully saturated rings. The lowest BCUT2D eigenvalue weighted by atomic mass is 9.93. The number of piperidine rings is 1. The maximum atomic E-state index is 12.4. The van der Waals surface area contributed by atoms with Crippen LogP contribution in [0.25, 0.3) is 0 Å². The zero-order valence-corrected chi connectivity index (χ0v) is 17.4. The van der Waals surface area contributed by atoms with E-state index in [1.54, 1.807) is 17.0 Å². The van der Waals surface area contributed by atoms with Crippen LogP contribution in [0.4, 0.5) is 18.0 Å². The molecule has 0 atom stereocenters. The van der Waals surface area contributed by atoms with Gasteiger partial charge in [0.05, 0.1) is 0 Å². The van der Waals surface area contributed by atoms with Gasteiger partial charge in [-0.05, 0) is 45.6 Å². The van der Waals surface area contributed by atoms with Crippen molar-refractivity contribution in [1.29, 1.82) is 0 Å². The first-order valence-electron chi connectivity index (χ1n) is 9.81. The molecule has 1 aromatic heterocycles. The van der Waals surface area contributed by atoms with E-state index in [4.69, 9.17) is 9.47 Å². The van der Waals surface area contributed by atoms with Crippen molar-refractivity contribution in [2.24, 2.45) is 5.92 Å². The number of carbonyl (C=O) groups excluding carboxylic acids is 2. The molecule has 30 heavy (non-hydrogen) atoms. The molecule has 2 rings (SSSR count). The Kier molecular flexibility index (Phi) is 7.91. The minimum Gasteiger partial charge on any atom is -0.468 e. The second-order valence-corrected chi connectivity index (χ2v) is 8.26. The lowest BCUT2D eigenvalue weighted by Crippen LogP contribution is -2.42. The van der Waals surface area contributed by atoms with E-state index in [9.17, 15) is 22.8 Å². The number of hydrogen-bond donors (Lipinski definition) is 1. The van der Waals surface area contributed by atoms with Crippen LogP contribution in [0.5, 0.6) is 5.88 Å². The van der Waals surface area contributed by atoms with Gasteiger partial charge in [-0.25, -0.2) is 9.78 Å². The van der Waals surface area contributed by atoms with Crippen molar-refractivity contribution in [3.05, 3.63) is 23.9 Å². The van der Waals surface area contributed by atoms with Gasteiger partial charge in [-0.1, -0.05) is 6.07 Å². The Morgan fingerprint density at radius 1 is 1.23 bits per heavy atom. The zero-order chi connectivity index (χ0) is 22.4. The molecule has 0 unspecified atom stereocenters. The van der Waals surface area contributed by atoms with Crippen LogP contribution in [0.2, 0.25) is 0 Å². The molecule has 1 aromatic rings. The number of likely N-dealkylation sites (tertiary alicyclic amines) is 1. The Balaban J connectivity index is 1.77. The Morgan fingerprint density at radius 2 is 1.90 bits per heavy atom. The summed E-state index contributed by atoms with van der Waals surface area (Å²) in [7, 11) is 0. The van der Waals surface area contributed by atoms with Gasteiger partial charge in [0.1, 0.15) is 5.60 Å². The van der Waals surface area contributed by atoms with Gasteiger partial charge < -0.3 is 19.7 Å². The molecule has 10 heteroatoms. The topological polar surface area (TPSA) is 80.8 Å². The number of nitrogens with one attached hydrogen (secondary N) is 1. The van der Waals surface area contributed by atoms with Crippen LogP contribution in [0.15, 0.2) is 18.3 Å². The monoisotopic (exact) mass is 431 g/mol. The molecule has 1 aliphatic rings. The quantitative estimate of drug-likeness (QED) is 0.743. The lowest BCUT2D eigenvalue weighted by molar-refractivity contribution is -0.154. The minimum atomic E-state index is -4.47. The average Bonchev–Trinajstić information content (AvgIpc) is 2.64. The fraction of sp³-hybridized carbons (Fsp3) is 0.650. The Bertz CT molecular complexity index is 727. The van der Waals surface area contributed by atoms with Gasteiger partial charge in [-0.15, -0.1) is 0 Å². The van der Waals surface area contributed by atoms with Crippen molar-refractivity contribution in [3.63, 3.8) is 0 Å². The summed E-state index contributed by atoms with van der Waals surface area (Å²) in [5.74, 6) is -0.240. The van der Waals surface area contributed by atoms with Crippen LogP contribution in [-0.4, -0.2) is 53.4 Å². The highest BCUT2D eigenvalue weighted by molar-refractivity contribution is 5.76. The van der Waals surface area contributed by atoms with Crippen molar-refractivity contribution >= 4 is 12.0 Å². The molecular weight excluding hydrogens is 403 g/mol. The smallest absolute Gasteiger partial charge is 0.422 e. The molecule has 7 nitrogen and oxygen atoms in total. The number of nitrogens with zero attached hydrogens (tertiary/aromatic N) is 2. The average molecular weight is 431 g/mol. The normalized spacial score (nSPS) is 15.6. The standard InChI is InChI=1S/C20H28F3N3O4/c1-19(2,3)30-18(28)26-9-6-14(7-10-26)11-16(27)25-12-15-5-4-8-24-17(15)29-13-20(21,22)23/h4-5,8,14H,6-7,9-13H2,1-3H3,(H,25,27). The molecule has 168 valence electrons. The summed E-state index contributed by atoms with van der Waals surface area (Å²) in [6.45, 7) is 5.05. The van der Waals surface area contributed by atoms with Crippen LogP contribution >= 0.6 is 0 Å². The maximum Gasteiger partial charge on any atom is 0.422 e. The molecule has 0 aromatic carbocycles. The third kappa shape index (κ3) is 8.46. The largest absolute Gasteiger partial charge is 0.468 e. The number of aromatic nitrogens is 1. The molecule has 0 spiro atoms. The van der Waals surface area contributed by atoms with E-state index in [2.05, 4.69) is 10.3 Å². The molecule has 1 saturated heterocycles. The first-order chi connectivity index (χ1) is 13.9. The molecule has 1 aliphatic heterocycles. The SMILES string of the molecule is CC(C)(C)OC(=O)N1CCC(CC(=O)NCc2cccnc2OCC(F)(F)F)CC1. The van der Waals surface area contributed by atoms with Gasteiger partial charge in [0.25, 0.3) is 0 Å². The summed E-state index contributed by atoms with van der Waals surface area (Å²) in [5, 5.41) is 2.70. The number of halogens is 3. The van der Waals surface area contributed by atoms with E-state index in [1.165, 1.54) is 6.20 Å². The minimum absolute atomic E-state index is 0.0244. The van der Waals surface area contributed by atoms with Gasteiger partial charge in [0.15, 0.2) is 6.61 Å². The van der Waals surface area contributed by atoms with E-state index >= 15 is 0 Å². The third-order valence-electron chi connectivity index (χ3n) is 4.44. The number of carbonyl (C=O) groups is 2. The number of hydrogen-bond acceptors (Lipinski definition) is 5.